The van der Waals surface area contributed by atoms with E-state index >= 15 is 0 Å². The van der Waals surface area contributed by atoms with Crippen molar-refractivity contribution in [2.24, 2.45) is 7.05 Å². The molecule has 0 bridgehead atoms. The second kappa shape index (κ2) is 6.32. The number of aromatic amines is 1. The number of thiophene rings is 1. The van der Waals surface area contributed by atoms with Crippen molar-refractivity contribution >= 4 is 17.2 Å². The lowest BCUT2D eigenvalue weighted by molar-refractivity contribution is 0.0923. The first-order valence-corrected chi connectivity index (χ1v) is 9.02. The van der Waals surface area contributed by atoms with Crippen LogP contribution >= 0.6 is 11.3 Å². The molecular weight excluding hydrogens is 340 g/mol. The molecular formula is C16H18N6O2S. The van der Waals surface area contributed by atoms with E-state index in [0.29, 0.717) is 25.1 Å². The van der Waals surface area contributed by atoms with Gasteiger partial charge in [-0.1, -0.05) is 6.07 Å². The van der Waals surface area contributed by atoms with Gasteiger partial charge in [-0.25, -0.2) is 9.89 Å². The van der Waals surface area contributed by atoms with Crippen LogP contribution in [0.2, 0.25) is 0 Å². The van der Waals surface area contributed by atoms with Crippen molar-refractivity contribution < 1.29 is 4.79 Å². The van der Waals surface area contributed by atoms with Gasteiger partial charge in [-0.15, -0.1) is 11.3 Å². The Balaban J connectivity index is 1.47. The molecule has 0 aliphatic carbocycles. The van der Waals surface area contributed by atoms with Crippen LogP contribution in [0.5, 0.6) is 0 Å². The summed E-state index contributed by atoms with van der Waals surface area (Å²) < 4.78 is 3.25. The summed E-state index contributed by atoms with van der Waals surface area (Å²) in [5.74, 6) is 0.610. The fraction of sp³-hybridized carbons (Fsp3) is 0.375. The van der Waals surface area contributed by atoms with E-state index in [-0.39, 0.29) is 17.6 Å². The number of hydrogen-bond donors (Lipinski definition) is 2. The topological polar surface area (TPSA) is 97.6 Å². The highest BCUT2D eigenvalue weighted by Gasteiger charge is 2.22. The maximum absolute atomic E-state index is 12.6. The van der Waals surface area contributed by atoms with Crippen LogP contribution in [0, 0.1) is 0 Å². The number of nitrogens with zero attached hydrogens (tertiary/aromatic N) is 4. The second-order valence-corrected chi connectivity index (χ2v) is 7.06. The zero-order chi connectivity index (χ0) is 17.4. The van der Waals surface area contributed by atoms with Gasteiger partial charge in [-0.2, -0.15) is 10.2 Å². The van der Waals surface area contributed by atoms with Crippen molar-refractivity contribution in [2.75, 3.05) is 0 Å². The minimum Gasteiger partial charge on any atom is -0.348 e. The number of hydrogen-bond acceptors (Lipinski definition) is 5. The Morgan fingerprint density at radius 3 is 3.12 bits per heavy atom. The quantitative estimate of drug-likeness (QED) is 0.734. The Labute approximate surface area is 147 Å². The zero-order valence-electron chi connectivity index (χ0n) is 13.7. The third-order valence-electron chi connectivity index (χ3n) is 4.48. The number of amides is 1. The highest BCUT2D eigenvalue weighted by Crippen LogP contribution is 2.24. The number of aromatic nitrogens is 5. The van der Waals surface area contributed by atoms with Gasteiger partial charge in [0.1, 0.15) is 17.2 Å². The molecule has 0 fully saturated rings. The fourth-order valence-electron chi connectivity index (χ4n) is 3.13. The van der Waals surface area contributed by atoms with Gasteiger partial charge in [-0.3, -0.25) is 14.0 Å². The molecule has 25 heavy (non-hydrogen) atoms. The molecule has 130 valence electrons. The molecule has 0 saturated carbocycles. The zero-order valence-corrected chi connectivity index (χ0v) is 14.5. The van der Waals surface area contributed by atoms with E-state index in [1.54, 1.807) is 27.6 Å². The highest BCUT2D eigenvalue weighted by atomic mass is 32.1. The van der Waals surface area contributed by atoms with Crippen LogP contribution in [0.4, 0.5) is 0 Å². The smallest absolute Gasteiger partial charge is 0.343 e. The molecule has 8 nitrogen and oxygen atoms in total. The molecule has 4 rings (SSSR count). The molecule has 4 heterocycles. The molecule has 2 N–H and O–H groups in total. The van der Waals surface area contributed by atoms with Crippen molar-refractivity contribution in [1.82, 2.24) is 29.9 Å². The highest BCUT2D eigenvalue weighted by molar-refractivity contribution is 7.13. The van der Waals surface area contributed by atoms with Crippen LogP contribution in [-0.4, -0.2) is 36.5 Å². The summed E-state index contributed by atoms with van der Waals surface area (Å²) in [6.45, 7) is 0.557. The summed E-state index contributed by atoms with van der Waals surface area (Å²) in [7, 11) is 1.77. The molecule has 1 unspecified atom stereocenters. The minimum atomic E-state index is -0.186. The summed E-state index contributed by atoms with van der Waals surface area (Å²) in [6.07, 6.45) is 2.12. The van der Waals surface area contributed by atoms with Gasteiger partial charge >= 0.3 is 5.69 Å². The van der Waals surface area contributed by atoms with Gasteiger partial charge in [0, 0.05) is 26.1 Å². The number of aryl methyl sites for hydroxylation is 2. The number of H-pyrrole nitrogens is 1. The molecule has 1 aliphatic heterocycles. The molecule has 0 radical (unpaired) electrons. The monoisotopic (exact) mass is 358 g/mol. The van der Waals surface area contributed by atoms with Crippen LogP contribution in [0.1, 0.15) is 29.2 Å². The van der Waals surface area contributed by atoms with Crippen molar-refractivity contribution in [3.63, 3.8) is 0 Å². The van der Waals surface area contributed by atoms with Crippen LogP contribution < -0.4 is 11.0 Å². The van der Waals surface area contributed by atoms with Crippen LogP contribution in [0.3, 0.4) is 0 Å². The predicted octanol–water partition coefficient (Wildman–Crippen LogP) is 1.17. The van der Waals surface area contributed by atoms with E-state index in [1.165, 1.54) is 0 Å². The van der Waals surface area contributed by atoms with E-state index < -0.39 is 0 Å². The Hall–Kier alpha value is -2.68. The van der Waals surface area contributed by atoms with Gasteiger partial charge in [0.05, 0.1) is 4.88 Å². The molecule has 9 heteroatoms. The third-order valence-corrected chi connectivity index (χ3v) is 5.37. The largest absolute Gasteiger partial charge is 0.348 e. The lowest BCUT2D eigenvalue weighted by Gasteiger charge is -2.15. The summed E-state index contributed by atoms with van der Waals surface area (Å²) >= 11 is 1.59. The van der Waals surface area contributed by atoms with Gasteiger partial charge in [0.15, 0.2) is 0 Å². The Bertz CT molecular complexity index is 952. The van der Waals surface area contributed by atoms with Crippen LogP contribution in [-0.2, 0) is 20.0 Å². The van der Waals surface area contributed by atoms with Gasteiger partial charge in [0.25, 0.3) is 5.91 Å². The first kappa shape index (κ1) is 15.8. The first-order valence-electron chi connectivity index (χ1n) is 8.14. The average Bonchev–Trinajstić information content (AvgIpc) is 3.28. The summed E-state index contributed by atoms with van der Waals surface area (Å²) in [5, 5.41) is 16.0. The predicted molar refractivity (Wildman–Crippen MR) is 93.6 cm³/mol. The molecule has 0 spiro atoms. The number of fused-ring (bicyclic) bond motifs is 1. The van der Waals surface area contributed by atoms with Gasteiger partial charge < -0.3 is 5.32 Å². The maximum Gasteiger partial charge on any atom is 0.343 e. The second-order valence-electron chi connectivity index (χ2n) is 6.11. The molecule has 0 saturated heterocycles. The summed E-state index contributed by atoms with van der Waals surface area (Å²) in [6, 6.07) is 5.77. The normalized spacial score (nSPS) is 17.1. The van der Waals surface area contributed by atoms with Crippen molar-refractivity contribution in [3.8, 4) is 10.6 Å². The van der Waals surface area contributed by atoms with Gasteiger partial charge in [0.2, 0.25) is 0 Å². The number of nitrogens with one attached hydrogen (secondary N) is 2. The van der Waals surface area contributed by atoms with Crippen LogP contribution in [0.15, 0.2) is 28.4 Å². The maximum atomic E-state index is 12.6. The first-order chi connectivity index (χ1) is 12.1. The summed E-state index contributed by atoms with van der Waals surface area (Å²) in [5.41, 5.74) is 1.15. The van der Waals surface area contributed by atoms with E-state index in [1.807, 2.05) is 23.6 Å². The molecule has 1 amide bonds. The van der Waals surface area contributed by atoms with E-state index in [9.17, 15) is 9.59 Å². The van der Waals surface area contributed by atoms with Gasteiger partial charge in [-0.05, 0) is 30.4 Å². The minimum absolute atomic E-state index is 0.00804. The van der Waals surface area contributed by atoms with Crippen molar-refractivity contribution in [3.05, 3.63) is 45.6 Å². The van der Waals surface area contributed by atoms with E-state index in [0.717, 1.165) is 22.8 Å². The Morgan fingerprint density at radius 1 is 1.44 bits per heavy atom. The van der Waals surface area contributed by atoms with E-state index in [2.05, 4.69) is 20.6 Å². The SMILES string of the molecule is Cn1nc(-c2cccs2)cc1C(=O)NC1CCc2n[nH]c(=O)n2CC1. The van der Waals surface area contributed by atoms with Crippen molar-refractivity contribution in [1.29, 1.82) is 0 Å². The Kier molecular flexibility index (Phi) is 4.00. The molecule has 3 aromatic heterocycles. The molecule has 0 aromatic carbocycles. The van der Waals surface area contributed by atoms with Crippen molar-refractivity contribution in [2.45, 2.75) is 31.8 Å². The average molecular weight is 358 g/mol. The standard InChI is InChI=1S/C16H18N6O2S/c1-21-12(9-11(20-21)13-3-2-8-25-13)15(23)17-10-4-5-14-18-19-16(24)22(14)7-6-10/h2-3,8-10H,4-7H2,1H3,(H,17,23)(H,19,24). The molecule has 1 aliphatic rings. The summed E-state index contributed by atoms with van der Waals surface area (Å²) in [4.78, 5) is 25.4. The fourth-order valence-corrected chi connectivity index (χ4v) is 3.81. The van der Waals surface area contributed by atoms with E-state index in [4.69, 9.17) is 0 Å². The van der Waals surface area contributed by atoms with Crippen LogP contribution in [0.25, 0.3) is 10.6 Å². The number of carbonyl (C=O) groups is 1. The molecule has 1 atom stereocenters. The number of rotatable bonds is 3. The lowest BCUT2D eigenvalue weighted by Crippen LogP contribution is -2.36. The lowest BCUT2D eigenvalue weighted by atomic mass is 10.1. The Morgan fingerprint density at radius 2 is 2.32 bits per heavy atom. The third kappa shape index (κ3) is 3.02. The molecule has 3 aromatic rings. The number of carbonyl (C=O) groups excluding carboxylic acids is 1.